The third kappa shape index (κ3) is 3.25. The van der Waals surface area contributed by atoms with Crippen LogP contribution in [-0.4, -0.2) is 12.0 Å². The van der Waals surface area contributed by atoms with Gasteiger partial charge in [0.05, 0.1) is 12.0 Å². The monoisotopic (exact) mass is 309 g/mol. The van der Waals surface area contributed by atoms with Gasteiger partial charge in [0.25, 0.3) is 0 Å². The molecule has 22 heavy (non-hydrogen) atoms. The number of hydrogen-bond acceptors (Lipinski definition) is 3. The van der Waals surface area contributed by atoms with Crippen molar-refractivity contribution in [3.63, 3.8) is 0 Å². The lowest BCUT2D eigenvalue weighted by molar-refractivity contribution is -0.385. The lowest BCUT2D eigenvalue weighted by Crippen LogP contribution is -1.94. The second kappa shape index (κ2) is 6.30. The van der Waals surface area contributed by atoms with Crippen molar-refractivity contribution in [2.24, 2.45) is 0 Å². The normalized spacial score (nSPS) is 10.9. The van der Waals surface area contributed by atoms with E-state index >= 15 is 0 Å². The van der Waals surface area contributed by atoms with Gasteiger partial charge in [0.2, 0.25) is 0 Å². The molecule has 2 rings (SSSR count). The van der Waals surface area contributed by atoms with Crippen LogP contribution in [0.4, 0.5) is 18.9 Å². The molecule has 2 aromatic rings. The number of ether oxygens (including phenoxy) is 1. The van der Waals surface area contributed by atoms with Crippen LogP contribution in [0.1, 0.15) is 11.1 Å². The summed E-state index contributed by atoms with van der Waals surface area (Å²) < 4.78 is 43.9. The third-order valence-corrected chi connectivity index (χ3v) is 2.87. The summed E-state index contributed by atoms with van der Waals surface area (Å²) in [6.45, 7) is 0. The van der Waals surface area contributed by atoms with Gasteiger partial charge in [-0.1, -0.05) is 18.2 Å². The van der Waals surface area contributed by atoms with Crippen LogP contribution in [0.3, 0.4) is 0 Å². The van der Waals surface area contributed by atoms with E-state index in [2.05, 4.69) is 0 Å². The SMILES string of the molecule is COc1ccc(/C=C/c2cc(F)c(F)c(F)c2)cc1[N+](=O)[O-]. The van der Waals surface area contributed by atoms with Crippen LogP contribution in [0.5, 0.6) is 5.75 Å². The van der Waals surface area contributed by atoms with E-state index in [-0.39, 0.29) is 17.0 Å². The second-order valence-electron chi connectivity index (χ2n) is 4.32. The molecule has 0 aliphatic rings. The molecule has 7 heteroatoms. The maximum Gasteiger partial charge on any atom is 0.311 e. The first kappa shape index (κ1) is 15.6. The highest BCUT2D eigenvalue weighted by molar-refractivity contribution is 5.71. The summed E-state index contributed by atoms with van der Waals surface area (Å²) in [6.07, 6.45) is 2.73. The van der Waals surface area contributed by atoms with Crippen molar-refractivity contribution in [2.75, 3.05) is 7.11 Å². The zero-order valence-corrected chi connectivity index (χ0v) is 11.3. The van der Waals surface area contributed by atoms with E-state index in [0.717, 1.165) is 12.1 Å². The molecule has 0 atom stereocenters. The zero-order valence-electron chi connectivity index (χ0n) is 11.3. The molecule has 2 aromatic carbocycles. The molecule has 0 amide bonds. The van der Waals surface area contributed by atoms with Gasteiger partial charge >= 0.3 is 5.69 Å². The first-order chi connectivity index (χ1) is 10.4. The Morgan fingerprint density at radius 1 is 1.05 bits per heavy atom. The maximum absolute atomic E-state index is 13.1. The summed E-state index contributed by atoms with van der Waals surface area (Å²) in [6, 6.07) is 5.85. The molecule has 0 saturated heterocycles. The highest BCUT2D eigenvalue weighted by Crippen LogP contribution is 2.28. The molecule has 0 N–H and O–H groups in total. The van der Waals surface area contributed by atoms with Gasteiger partial charge in [-0.25, -0.2) is 13.2 Å². The Hall–Kier alpha value is -2.83. The molecule has 0 spiro atoms. The summed E-state index contributed by atoms with van der Waals surface area (Å²) in [7, 11) is 1.31. The van der Waals surface area contributed by atoms with Gasteiger partial charge in [-0.05, 0) is 29.3 Å². The van der Waals surface area contributed by atoms with Crippen LogP contribution in [-0.2, 0) is 0 Å². The smallest absolute Gasteiger partial charge is 0.311 e. The van der Waals surface area contributed by atoms with E-state index in [1.54, 1.807) is 6.07 Å². The minimum absolute atomic E-state index is 0.0925. The molecule has 0 heterocycles. The van der Waals surface area contributed by atoms with E-state index in [1.807, 2.05) is 0 Å². The van der Waals surface area contributed by atoms with Crippen LogP contribution in [0.15, 0.2) is 30.3 Å². The van der Waals surface area contributed by atoms with Crippen LogP contribution < -0.4 is 4.74 Å². The number of methoxy groups -OCH3 is 1. The molecule has 4 nitrogen and oxygen atoms in total. The summed E-state index contributed by atoms with van der Waals surface area (Å²) in [5.41, 5.74) is 0.286. The topological polar surface area (TPSA) is 52.4 Å². The number of benzene rings is 2. The van der Waals surface area contributed by atoms with E-state index in [4.69, 9.17) is 4.74 Å². The van der Waals surface area contributed by atoms with Gasteiger partial charge < -0.3 is 4.74 Å². The molecule has 0 bridgehead atoms. The molecule has 0 aliphatic carbocycles. The number of nitrogens with zero attached hydrogens (tertiary/aromatic N) is 1. The average Bonchev–Trinajstić information content (AvgIpc) is 2.50. The molecule has 114 valence electrons. The second-order valence-corrected chi connectivity index (χ2v) is 4.32. The van der Waals surface area contributed by atoms with Crippen molar-refractivity contribution in [2.45, 2.75) is 0 Å². The Bertz CT molecular complexity index is 737. The maximum atomic E-state index is 13.1. The van der Waals surface area contributed by atoms with Crippen LogP contribution in [0.25, 0.3) is 12.2 Å². The molecule has 0 unspecified atom stereocenters. The highest BCUT2D eigenvalue weighted by atomic mass is 19.2. The Labute approximate surface area is 123 Å². The van der Waals surface area contributed by atoms with Crippen LogP contribution in [0, 0.1) is 27.6 Å². The first-order valence-corrected chi connectivity index (χ1v) is 6.07. The number of hydrogen-bond donors (Lipinski definition) is 0. The molecular formula is C15H10F3NO3. The fourth-order valence-electron chi connectivity index (χ4n) is 1.82. The molecule has 0 fully saturated rings. The number of nitro groups is 1. The van der Waals surface area contributed by atoms with Crippen molar-refractivity contribution in [3.05, 3.63) is 69.0 Å². The predicted molar refractivity (Wildman–Crippen MR) is 74.9 cm³/mol. The van der Waals surface area contributed by atoms with Crippen molar-refractivity contribution < 1.29 is 22.8 Å². The standard InChI is InChI=1S/C15H10F3NO3/c1-22-14-5-4-9(8-13(14)19(20)21)2-3-10-6-11(16)15(18)12(17)7-10/h2-8H,1H3/b3-2+. The Morgan fingerprint density at radius 3 is 2.18 bits per heavy atom. The Morgan fingerprint density at radius 2 is 1.64 bits per heavy atom. The average molecular weight is 309 g/mol. The fourth-order valence-corrected chi connectivity index (χ4v) is 1.82. The fraction of sp³-hybridized carbons (Fsp3) is 0.0667. The highest BCUT2D eigenvalue weighted by Gasteiger charge is 2.14. The minimum Gasteiger partial charge on any atom is -0.490 e. The van der Waals surface area contributed by atoms with Gasteiger partial charge in [-0.3, -0.25) is 10.1 Å². The van der Waals surface area contributed by atoms with Gasteiger partial charge in [0.1, 0.15) is 0 Å². The molecular weight excluding hydrogens is 299 g/mol. The first-order valence-electron chi connectivity index (χ1n) is 6.07. The zero-order chi connectivity index (χ0) is 16.3. The number of nitro benzene ring substituents is 1. The van der Waals surface area contributed by atoms with Gasteiger partial charge in [-0.2, -0.15) is 0 Å². The summed E-state index contributed by atoms with van der Waals surface area (Å²) in [5, 5.41) is 10.9. The van der Waals surface area contributed by atoms with Crippen molar-refractivity contribution in [1.82, 2.24) is 0 Å². The van der Waals surface area contributed by atoms with Crippen molar-refractivity contribution in [1.29, 1.82) is 0 Å². The summed E-state index contributed by atoms with van der Waals surface area (Å²) in [4.78, 5) is 10.3. The summed E-state index contributed by atoms with van der Waals surface area (Å²) in [5.74, 6) is -4.06. The predicted octanol–water partition coefficient (Wildman–Crippen LogP) is 4.19. The molecule has 0 saturated carbocycles. The van der Waals surface area contributed by atoms with Crippen LogP contribution in [0.2, 0.25) is 0 Å². The minimum atomic E-state index is -1.54. The Balaban J connectivity index is 2.34. The quantitative estimate of drug-likeness (QED) is 0.368. The largest absolute Gasteiger partial charge is 0.490 e. The van der Waals surface area contributed by atoms with E-state index in [9.17, 15) is 23.3 Å². The van der Waals surface area contributed by atoms with E-state index < -0.39 is 22.4 Å². The molecule has 0 radical (unpaired) electrons. The van der Waals surface area contributed by atoms with Crippen molar-refractivity contribution in [3.8, 4) is 5.75 Å². The Kier molecular flexibility index (Phi) is 4.45. The third-order valence-electron chi connectivity index (χ3n) is 2.87. The molecule has 0 aromatic heterocycles. The van der Waals surface area contributed by atoms with Crippen LogP contribution >= 0.6 is 0 Å². The van der Waals surface area contributed by atoms with E-state index in [1.165, 1.54) is 31.4 Å². The lowest BCUT2D eigenvalue weighted by Gasteiger charge is -2.02. The van der Waals surface area contributed by atoms with Crippen molar-refractivity contribution >= 4 is 17.8 Å². The number of rotatable bonds is 4. The number of halogens is 3. The lowest BCUT2D eigenvalue weighted by atomic mass is 10.1. The van der Waals surface area contributed by atoms with Gasteiger partial charge in [0.15, 0.2) is 23.2 Å². The summed E-state index contributed by atoms with van der Waals surface area (Å²) >= 11 is 0. The van der Waals surface area contributed by atoms with Gasteiger partial charge in [0, 0.05) is 6.07 Å². The van der Waals surface area contributed by atoms with Gasteiger partial charge in [-0.15, -0.1) is 0 Å². The van der Waals surface area contributed by atoms with E-state index in [0.29, 0.717) is 5.56 Å². The molecule has 0 aliphatic heterocycles.